The number of rotatable bonds is 3. The largest absolute Gasteiger partial charge is 0.478 e. The number of fused-ring (bicyclic) bond motifs is 1. The van der Waals surface area contributed by atoms with Gasteiger partial charge in [0.15, 0.2) is 0 Å². The van der Waals surface area contributed by atoms with Gasteiger partial charge in [-0.1, -0.05) is 12.1 Å². The highest BCUT2D eigenvalue weighted by Crippen LogP contribution is 2.29. The van der Waals surface area contributed by atoms with Gasteiger partial charge >= 0.3 is 5.97 Å². The molecule has 0 radical (unpaired) electrons. The molecule has 0 aliphatic carbocycles. The number of nitrogens with zero attached hydrogens (tertiary/aromatic N) is 1. The van der Waals surface area contributed by atoms with Crippen LogP contribution in [0.1, 0.15) is 10.4 Å². The van der Waals surface area contributed by atoms with E-state index in [1.165, 1.54) is 6.07 Å². The normalized spacial score (nSPS) is 10.5. The van der Waals surface area contributed by atoms with Crippen LogP contribution in [0, 0.1) is 0 Å². The number of carboxylic acid groups (broad SMARTS) is 1. The van der Waals surface area contributed by atoms with Crippen molar-refractivity contribution in [2.45, 2.75) is 0 Å². The van der Waals surface area contributed by atoms with Gasteiger partial charge in [-0.05, 0) is 36.4 Å². The van der Waals surface area contributed by atoms with Crippen LogP contribution in [0.5, 0.6) is 0 Å². The van der Waals surface area contributed by atoms with Gasteiger partial charge in [-0.2, -0.15) is 0 Å². The molecule has 0 aliphatic heterocycles. The molecule has 4 N–H and O–H groups in total. The van der Waals surface area contributed by atoms with Crippen molar-refractivity contribution in [1.82, 2.24) is 4.98 Å². The highest BCUT2D eigenvalue weighted by molar-refractivity contribution is 5.99. The van der Waals surface area contributed by atoms with Gasteiger partial charge in [-0.15, -0.1) is 0 Å². The van der Waals surface area contributed by atoms with E-state index >= 15 is 0 Å². The number of nitrogen functional groups attached to an aromatic ring is 1. The third-order valence-corrected chi connectivity index (χ3v) is 3.25. The zero-order valence-electron chi connectivity index (χ0n) is 11.1. The number of nitrogens with one attached hydrogen (secondary N) is 1. The summed E-state index contributed by atoms with van der Waals surface area (Å²) < 4.78 is 0. The zero-order chi connectivity index (χ0) is 14.8. The Hall–Kier alpha value is -3.08. The summed E-state index contributed by atoms with van der Waals surface area (Å²) in [7, 11) is 0. The molecule has 2 aromatic carbocycles. The number of hydrogen-bond donors (Lipinski definition) is 3. The Kier molecular flexibility index (Phi) is 3.16. The number of anilines is 3. The minimum absolute atomic E-state index is 0.0818. The number of carbonyl (C=O) groups is 1. The number of carboxylic acids is 1. The van der Waals surface area contributed by atoms with E-state index in [2.05, 4.69) is 10.3 Å². The lowest BCUT2D eigenvalue weighted by molar-refractivity contribution is 0.0698. The van der Waals surface area contributed by atoms with Gasteiger partial charge < -0.3 is 16.2 Å². The summed E-state index contributed by atoms with van der Waals surface area (Å²) in [6.07, 6.45) is 1.73. The highest BCUT2D eigenvalue weighted by atomic mass is 16.4. The molecule has 3 rings (SSSR count). The van der Waals surface area contributed by atoms with E-state index in [0.717, 1.165) is 16.6 Å². The summed E-state index contributed by atoms with van der Waals surface area (Å²) in [6.45, 7) is 0. The van der Waals surface area contributed by atoms with Crippen molar-refractivity contribution in [2.24, 2.45) is 0 Å². The van der Waals surface area contributed by atoms with Gasteiger partial charge in [-0.25, -0.2) is 4.79 Å². The molecular weight excluding hydrogens is 266 g/mol. The highest BCUT2D eigenvalue weighted by Gasteiger charge is 2.11. The smallest absolute Gasteiger partial charge is 0.337 e. The topological polar surface area (TPSA) is 88.2 Å². The number of para-hydroxylation sites is 1. The number of aromatic carboxylic acids is 1. The third-order valence-electron chi connectivity index (χ3n) is 3.25. The van der Waals surface area contributed by atoms with Crippen molar-refractivity contribution in [3.63, 3.8) is 0 Å². The van der Waals surface area contributed by atoms with E-state index in [1.807, 2.05) is 30.3 Å². The number of hydrogen-bond acceptors (Lipinski definition) is 4. The predicted octanol–water partition coefficient (Wildman–Crippen LogP) is 3.26. The lowest BCUT2D eigenvalue weighted by atomic mass is 10.1. The van der Waals surface area contributed by atoms with Gasteiger partial charge in [-0.3, -0.25) is 4.98 Å². The van der Waals surface area contributed by atoms with Crippen LogP contribution >= 0.6 is 0 Å². The summed E-state index contributed by atoms with van der Waals surface area (Å²) in [5.41, 5.74) is 8.46. The Bertz CT molecular complexity index is 825. The molecule has 104 valence electrons. The minimum Gasteiger partial charge on any atom is -0.478 e. The fraction of sp³-hybridized carbons (Fsp3) is 0. The number of benzene rings is 2. The zero-order valence-corrected chi connectivity index (χ0v) is 11.1. The summed E-state index contributed by atoms with van der Waals surface area (Å²) >= 11 is 0. The van der Waals surface area contributed by atoms with Crippen molar-refractivity contribution in [2.75, 3.05) is 11.1 Å². The standard InChI is InChI=1S/C16H13N3O2/c17-15-11(16(20)21)4-1-8-14(15)19-13-7-2-6-12-10(13)5-3-9-18-12/h1-9,19H,17H2,(H,20,21). The third kappa shape index (κ3) is 2.36. The van der Waals surface area contributed by atoms with Crippen LogP contribution in [0.25, 0.3) is 10.9 Å². The Labute approximate surface area is 121 Å². The molecule has 0 amide bonds. The van der Waals surface area contributed by atoms with Gasteiger partial charge in [0.1, 0.15) is 0 Å². The second-order valence-corrected chi connectivity index (χ2v) is 4.57. The molecule has 21 heavy (non-hydrogen) atoms. The van der Waals surface area contributed by atoms with E-state index in [9.17, 15) is 4.79 Å². The van der Waals surface area contributed by atoms with Crippen LogP contribution in [-0.4, -0.2) is 16.1 Å². The molecule has 0 saturated carbocycles. The molecule has 0 bridgehead atoms. The van der Waals surface area contributed by atoms with Crippen LogP contribution < -0.4 is 11.1 Å². The molecule has 0 spiro atoms. The van der Waals surface area contributed by atoms with Crippen molar-refractivity contribution in [3.8, 4) is 0 Å². The lowest BCUT2D eigenvalue weighted by Crippen LogP contribution is -2.05. The maximum Gasteiger partial charge on any atom is 0.337 e. The summed E-state index contributed by atoms with van der Waals surface area (Å²) in [5, 5.41) is 13.2. The van der Waals surface area contributed by atoms with Crippen molar-refractivity contribution >= 4 is 33.9 Å². The van der Waals surface area contributed by atoms with Crippen LogP contribution in [-0.2, 0) is 0 Å². The van der Waals surface area contributed by atoms with Crippen LogP contribution in [0.4, 0.5) is 17.1 Å². The van der Waals surface area contributed by atoms with Crippen LogP contribution in [0.15, 0.2) is 54.7 Å². The predicted molar refractivity (Wildman–Crippen MR) is 82.8 cm³/mol. The second kappa shape index (κ2) is 5.13. The maximum atomic E-state index is 11.1. The molecule has 0 unspecified atom stereocenters. The summed E-state index contributed by atoms with van der Waals surface area (Å²) in [6, 6.07) is 14.4. The Morgan fingerprint density at radius 2 is 1.81 bits per heavy atom. The first-order valence-electron chi connectivity index (χ1n) is 6.39. The molecule has 0 aliphatic rings. The summed E-state index contributed by atoms with van der Waals surface area (Å²) in [4.78, 5) is 15.4. The van der Waals surface area contributed by atoms with E-state index in [0.29, 0.717) is 5.69 Å². The van der Waals surface area contributed by atoms with Crippen molar-refractivity contribution in [3.05, 3.63) is 60.3 Å². The van der Waals surface area contributed by atoms with E-state index in [4.69, 9.17) is 10.8 Å². The van der Waals surface area contributed by atoms with Gasteiger partial charge in [0.25, 0.3) is 0 Å². The fourth-order valence-corrected chi connectivity index (χ4v) is 2.22. The number of aromatic nitrogens is 1. The summed E-state index contributed by atoms with van der Waals surface area (Å²) in [5.74, 6) is -1.05. The second-order valence-electron chi connectivity index (χ2n) is 4.57. The Morgan fingerprint density at radius 3 is 2.62 bits per heavy atom. The fourth-order valence-electron chi connectivity index (χ4n) is 2.22. The SMILES string of the molecule is Nc1c(Nc2cccc3ncccc23)cccc1C(=O)O. The average Bonchev–Trinajstić information content (AvgIpc) is 2.49. The van der Waals surface area contributed by atoms with E-state index in [1.54, 1.807) is 18.3 Å². The molecule has 5 nitrogen and oxygen atoms in total. The number of nitrogens with two attached hydrogens (primary N) is 1. The average molecular weight is 279 g/mol. The Balaban J connectivity index is 2.07. The Morgan fingerprint density at radius 1 is 1.05 bits per heavy atom. The molecule has 1 aromatic heterocycles. The maximum absolute atomic E-state index is 11.1. The molecule has 1 heterocycles. The first kappa shape index (κ1) is 12.9. The van der Waals surface area contributed by atoms with Crippen LogP contribution in [0.2, 0.25) is 0 Å². The molecule has 5 heteroatoms. The molecular formula is C16H13N3O2. The van der Waals surface area contributed by atoms with Crippen LogP contribution in [0.3, 0.4) is 0 Å². The molecule has 3 aromatic rings. The monoisotopic (exact) mass is 279 g/mol. The number of pyridine rings is 1. The quantitative estimate of drug-likeness (QED) is 0.640. The lowest BCUT2D eigenvalue weighted by Gasteiger charge is -2.13. The van der Waals surface area contributed by atoms with E-state index in [-0.39, 0.29) is 11.3 Å². The molecule has 0 saturated heterocycles. The van der Waals surface area contributed by atoms with E-state index < -0.39 is 5.97 Å². The van der Waals surface area contributed by atoms with Crippen molar-refractivity contribution in [1.29, 1.82) is 0 Å². The first-order chi connectivity index (χ1) is 10.2. The molecule has 0 fully saturated rings. The van der Waals surface area contributed by atoms with Gasteiger partial charge in [0.05, 0.1) is 22.5 Å². The minimum atomic E-state index is -1.05. The van der Waals surface area contributed by atoms with Gasteiger partial charge in [0.2, 0.25) is 0 Å². The van der Waals surface area contributed by atoms with Crippen molar-refractivity contribution < 1.29 is 9.90 Å². The first-order valence-corrected chi connectivity index (χ1v) is 6.39. The van der Waals surface area contributed by atoms with Gasteiger partial charge in [0, 0.05) is 17.3 Å². The molecule has 0 atom stereocenters.